The van der Waals surface area contributed by atoms with Crippen LogP contribution in [0.3, 0.4) is 0 Å². The second kappa shape index (κ2) is 10.1. The molecule has 0 bridgehead atoms. The van der Waals surface area contributed by atoms with Gasteiger partial charge in [-0.25, -0.2) is 0 Å². The van der Waals surface area contributed by atoms with Gasteiger partial charge < -0.3 is 15.9 Å². The Bertz CT molecular complexity index is 979. The Morgan fingerprint density at radius 3 is 2.45 bits per heavy atom. The van der Waals surface area contributed by atoms with Crippen LogP contribution >= 0.6 is 0 Å². The number of aliphatic hydroxyl groups excluding tert-OH is 1. The van der Waals surface area contributed by atoms with Gasteiger partial charge in [-0.2, -0.15) is 0 Å². The summed E-state index contributed by atoms with van der Waals surface area (Å²) >= 11 is 0. The Balaban J connectivity index is 0.000000257. The minimum atomic E-state index is -1.05. The number of likely N-dealkylation sites (N-methyl/N-ethyl adjacent to an activating group) is 1. The Hall–Kier alpha value is -3.31. The molecule has 33 heavy (non-hydrogen) atoms. The van der Waals surface area contributed by atoms with Crippen LogP contribution in [0, 0.1) is 0 Å². The monoisotopic (exact) mass is 460 g/mol. The molecular weight excluding hydrogens is 432 g/mol. The third-order valence-electron chi connectivity index (χ3n) is 6.15. The van der Waals surface area contributed by atoms with E-state index in [2.05, 4.69) is 0 Å². The second-order valence-electron chi connectivity index (χ2n) is 8.04. The molecule has 3 aliphatic rings. The van der Waals surface area contributed by atoms with Gasteiger partial charge in [-0.05, 0) is 44.5 Å². The molecule has 0 aromatic heterocycles. The number of β-amino-alcohol motifs (C(OH)–C–C–N with tert-alkyl or cyclic N) is 1. The molecule has 2 saturated heterocycles. The van der Waals surface area contributed by atoms with E-state index >= 15 is 0 Å². The zero-order valence-electron chi connectivity index (χ0n) is 18.4. The van der Waals surface area contributed by atoms with Gasteiger partial charge in [0.15, 0.2) is 0 Å². The molecule has 2 atom stereocenters. The van der Waals surface area contributed by atoms with Crippen molar-refractivity contribution in [2.24, 2.45) is 0 Å². The number of carbonyl (C=O) groups excluding carboxylic acids is 4. The third-order valence-corrected chi connectivity index (χ3v) is 6.15. The van der Waals surface area contributed by atoms with E-state index in [1.807, 2.05) is 11.8 Å². The van der Waals surface area contributed by atoms with Crippen LogP contribution in [0.2, 0.25) is 0 Å². The minimum absolute atomic E-state index is 0.0271. The summed E-state index contributed by atoms with van der Waals surface area (Å²) in [6.45, 7) is 3.28. The lowest BCUT2D eigenvalue weighted by Gasteiger charge is -2.34. The first-order valence-electron chi connectivity index (χ1n) is 10.9. The van der Waals surface area contributed by atoms with E-state index in [-0.39, 0.29) is 48.8 Å². The molecule has 1 unspecified atom stereocenters. The van der Waals surface area contributed by atoms with Crippen molar-refractivity contribution in [2.75, 3.05) is 32.0 Å². The number of carboxylic acid groups (broad SMARTS) is 1. The third kappa shape index (κ3) is 4.60. The fraction of sp³-hybridized carbons (Fsp3) is 0.500. The van der Waals surface area contributed by atoms with E-state index in [4.69, 9.17) is 15.9 Å². The fourth-order valence-corrected chi connectivity index (χ4v) is 4.49. The van der Waals surface area contributed by atoms with E-state index in [9.17, 15) is 24.0 Å². The Morgan fingerprint density at radius 1 is 1.15 bits per heavy atom. The van der Waals surface area contributed by atoms with Crippen LogP contribution in [-0.4, -0.2) is 92.8 Å². The van der Waals surface area contributed by atoms with Gasteiger partial charge in [0.25, 0.3) is 17.7 Å². The predicted molar refractivity (Wildman–Crippen MR) is 116 cm³/mol. The molecule has 1 aromatic rings. The highest BCUT2D eigenvalue weighted by Crippen LogP contribution is 2.31. The molecule has 4 N–H and O–H groups in total. The number of likely N-dealkylation sites (tertiary alicyclic amines) is 2. The first-order chi connectivity index (χ1) is 15.7. The number of carboxylic acids is 1. The first kappa shape index (κ1) is 24.3. The summed E-state index contributed by atoms with van der Waals surface area (Å²) < 4.78 is 0. The number of fused-ring (bicyclic) bond motifs is 1. The number of imide groups is 2. The summed E-state index contributed by atoms with van der Waals surface area (Å²) in [5.41, 5.74) is 6.20. The topological polar surface area (TPSA) is 162 Å². The lowest BCUT2D eigenvalue weighted by Crippen LogP contribution is -2.56. The van der Waals surface area contributed by atoms with Crippen LogP contribution in [0.1, 0.15) is 53.3 Å². The fourth-order valence-electron chi connectivity index (χ4n) is 4.49. The van der Waals surface area contributed by atoms with Gasteiger partial charge in [-0.1, -0.05) is 13.0 Å². The second-order valence-corrected chi connectivity index (χ2v) is 8.04. The molecule has 2 fully saturated rings. The summed E-state index contributed by atoms with van der Waals surface area (Å²) in [5.74, 6) is -2.95. The normalized spacial score (nSPS) is 23.0. The van der Waals surface area contributed by atoms with Gasteiger partial charge in [-0.15, -0.1) is 0 Å². The van der Waals surface area contributed by atoms with Crippen LogP contribution < -0.4 is 5.73 Å². The van der Waals surface area contributed by atoms with Crippen molar-refractivity contribution in [3.63, 3.8) is 0 Å². The van der Waals surface area contributed by atoms with Crippen molar-refractivity contribution in [1.82, 2.24) is 14.7 Å². The molecule has 3 heterocycles. The van der Waals surface area contributed by atoms with Gasteiger partial charge in [0.05, 0.1) is 24.3 Å². The minimum Gasteiger partial charge on any atom is -0.480 e. The largest absolute Gasteiger partial charge is 0.480 e. The average Bonchev–Trinajstić information content (AvgIpc) is 3.36. The number of aliphatic carboxylic acids is 1. The molecule has 0 radical (unpaired) electrons. The van der Waals surface area contributed by atoms with Gasteiger partial charge in [-0.3, -0.25) is 38.7 Å². The van der Waals surface area contributed by atoms with Crippen molar-refractivity contribution < 1.29 is 34.2 Å². The van der Waals surface area contributed by atoms with Crippen LogP contribution in [-0.2, 0) is 14.4 Å². The maximum Gasteiger partial charge on any atom is 0.320 e. The molecule has 4 rings (SSSR count). The number of amides is 4. The molecule has 11 nitrogen and oxygen atoms in total. The Labute approximate surface area is 190 Å². The van der Waals surface area contributed by atoms with E-state index in [0.717, 1.165) is 35.7 Å². The quantitative estimate of drug-likeness (QED) is 0.403. The zero-order valence-corrected chi connectivity index (χ0v) is 18.4. The number of rotatable bonds is 5. The summed E-state index contributed by atoms with van der Waals surface area (Å²) in [6, 6.07) is 3.30. The molecule has 0 spiro atoms. The highest BCUT2D eigenvalue weighted by molar-refractivity contribution is 6.25. The number of benzene rings is 1. The number of nitrogen functional groups attached to an aromatic ring is 1. The maximum absolute atomic E-state index is 12.5. The van der Waals surface area contributed by atoms with Gasteiger partial charge in [0.1, 0.15) is 12.1 Å². The molecular formula is C22H28N4O7. The van der Waals surface area contributed by atoms with E-state index in [1.54, 1.807) is 6.07 Å². The number of nitrogens with two attached hydrogens (primary N) is 1. The highest BCUT2D eigenvalue weighted by atomic mass is 16.4. The van der Waals surface area contributed by atoms with Crippen LogP contribution in [0.15, 0.2) is 18.2 Å². The molecule has 0 saturated carbocycles. The van der Waals surface area contributed by atoms with E-state index in [1.165, 1.54) is 12.1 Å². The summed E-state index contributed by atoms with van der Waals surface area (Å²) in [5, 5.41) is 17.7. The Morgan fingerprint density at radius 2 is 1.88 bits per heavy atom. The number of hydrogen-bond acceptors (Lipinski definition) is 8. The standard InChI is InChI=1S/C15H15N3O5.C7H13NO2/c16-9-3-1-2-8-12(9)15(23)18(13(8)21)10-4-5-11(20)17(6-7-19)14(10)22;1-2-8-5-3-4-6(8)7(9)10/h1-3,10,19H,4-7,16H2;6H,2-5H2,1H3,(H,9,10)/t;6-/m.0/s1. The lowest BCUT2D eigenvalue weighted by molar-refractivity contribution is -0.152. The lowest BCUT2D eigenvalue weighted by atomic mass is 10.0. The number of carbonyl (C=O) groups is 5. The molecule has 4 amide bonds. The van der Waals surface area contributed by atoms with Crippen LogP contribution in [0.5, 0.6) is 0 Å². The molecule has 1 aromatic carbocycles. The van der Waals surface area contributed by atoms with Crippen molar-refractivity contribution in [3.05, 3.63) is 29.3 Å². The molecule has 0 aliphatic carbocycles. The Kier molecular flexibility index (Phi) is 7.44. The maximum atomic E-state index is 12.5. The highest BCUT2D eigenvalue weighted by Gasteiger charge is 2.47. The van der Waals surface area contributed by atoms with Gasteiger partial charge in [0.2, 0.25) is 5.91 Å². The number of anilines is 1. The van der Waals surface area contributed by atoms with E-state index in [0.29, 0.717) is 0 Å². The molecule has 178 valence electrons. The number of aliphatic hydroxyl groups is 1. The van der Waals surface area contributed by atoms with Gasteiger partial charge in [0, 0.05) is 12.1 Å². The van der Waals surface area contributed by atoms with Crippen molar-refractivity contribution in [2.45, 2.75) is 44.7 Å². The van der Waals surface area contributed by atoms with Crippen LogP contribution in [0.4, 0.5) is 5.69 Å². The van der Waals surface area contributed by atoms with E-state index < -0.39 is 35.6 Å². The average molecular weight is 460 g/mol. The predicted octanol–water partition coefficient (Wildman–Crippen LogP) is -0.0700. The number of piperidine rings is 1. The molecule has 11 heteroatoms. The van der Waals surface area contributed by atoms with Crippen molar-refractivity contribution >= 4 is 35.3 Å². The van der Waals surface area contributed by atoms with Crippen molar-refractivity contribution in [1.29, 1.82) is 0 Å². The van der Waals surface area contributed by atoms with Crippen molar-refractivity contribution in [3.8, 4) is 0 Å². The zero-order chi connectivity index (χ0) is 24.3. The summed E-state index contributed by atoms with van der Waals surface area (Å²) in [7, 11) is 0. The number of hydrogen-bond donors (Lipinski definition) is 3. The molecule has 3 aliphatic heterocycles. The van der Waals surface area contributed by atoms with Crippen LogP contribution in [0.25, 0.3) is 0 Å². The summed E-state index contributed by atoms with van der Waals surface area (Å²) in [4.78, 5) is 63.6. The number of nitrogens with zero attached hydrogens (tertiary/aromatic N) is 3. The summed E-state index contributed by atoms with van der Waals surface area (Å²) in [6.07, 6.45) is 1.96. The SMILES string of the molecule is CCN1CCC[C@H]1C(=O)O.Nc1cccc2c1C(=O)N(C1CCC(=O)N(CCO)C1=O)C2=O. The first-order valence-corrected chi connectivity index (χ1v) is 10.9. The van der Waals surface area contributed by atoms with Gasteiger partial charge >= 0.3 is 5.97 Å². The smallest absolute Gasteiger partial charge is 0.320 e.